The van der Waals surface area contributed by atoms with Gasteiger partial charge in [-0.1, -0.05) is 63.7 Å². The molecule has 0 bridgehead atoms. The van der Waals surface area contributed by atoms with Crippen molar-refractivity contribution in [2.75, 3.05) is 0 Å². The van der Waals surface area contributed by atoms with E-state index in [1.807, 2.05) is 0 Å². The highest BCUT2D eigenvalue weighted by Gasteiger charge is 2.36. The van der Waals surface area contributed by atoms with Crippen molar-refractivity contribution < 1.29 is 0 Å². The molecule has 0 aromatic heterocycles. The van der Waals surface area contributed by atoms with Crippen molar-refractivity contribution in [1.29, 1.82) is 0 Å². The van der Waals surface area contributed by atoms with Gasteiger partial charge in [0.25, 0.3) is 0 Å². The largest absolute Gasteiger partial charge is 0.0807 e. The van der Waals surface area contributed by atoms with Gasteiger partial charge in [-0.05, 0) is 32.1 Å². The molecule has 0 radical (unpaired) electrons. The Morgan fingerprint density at radius 1 is 0.636 bits per heavy atom. The molecule has 0 atom stereocenters. The fourth-order valence-corrected chi connectivity index (χ4v) is 2.06. The standard InChI is InChI=1S/C4H6Br2.C3H4Br2/c5-4(6)2-1-3-4;4-3(5)1-2-3/h1-3H2;1-2H2. The van der Waals surface area contributed by atoms with Crippen LogP contribution in [0.5, 0.6) is 0 Å². The molecule has 0 amide bonds. The summed E-state index contributed by atoms with van der Waals surface area (Å²) in [6.45, 7) is 0. The van der Waals surface area contributed by atoms with Crippen molar-refractivity contribution in [3.8, 4) is 0 Å². The van der Waals surface area contributed by atoms with E-state index in [0.29, 0.717) is 6.47 Å². The van der Waals surface area contributed by atoms with Crippen LogP contribution in [0.25, 0.3) is 0 Å². The van der Waals surface area contributed by atoms with Crippen molar-refractivity contribution in [3.05, 3.63) is 0 Å². The second-order valence-corrected chi connectivity index (χ2v) is 11.3. The van der Waals surface area contributed by atoms with Crippen LogP contribution in [0.2, 0.25) is 0 Å². The molecule has 0 heterocycles. The van der Waals surface area contributed by atoms with Gasteiger partial charge in [0.2, 0.25) is 0 Å². The van der Waals surface area contributed by atoms with Gasteiger partial charge in [-0.2, -0.15) is 0 Å². The van der Waals surface area contributed by atoms with E-state index in [9.17, 15) is 0 Å². The highest BCUT2D eigenvalue weighted by molar-refractivity contribution is 9.25. The van der Waals surface area contributed by atoms with Gasteiger partial charge in [0.1, 0.15) is 0 Å². The minimum absolute atomic E-state index is 0.347. The fourth-order valence-electron chi connectivity index (χ4n) is 0.539. The zero-order valence-corrected chi connectivity index (χ0v) is 12.4. The Labute approximate surface area is 101 Å². The number of hydrogen-bond acceptors (Lipinski definition) is 0. The smallest absolute Gasteiger partial charge is 0.0727 e. The minimum atomic E-state index is 0.347. The molecule has 66 valence electrons. The summed E-state index contributed by atoms with van der Waals surface area (Å²) in [5, 5.41) is 0. The summed E-state index contributed by atoms with van der Waals surface area (Å²) < 4.78 is 0.722. The fraction of sp³-hybridized carbons (Fsp3) is 1.00. The third-order valence-corrected chi connectivity index (χ3v) is 4.89. The molecular weight excluding hydrogens is 404 g/mol. The summed E-state index contributed by atoms with van der Waals surface area (Å²) in [6.07, 6.45) is 6.51. The van der Waals surface area contributed by atoms with Gasteiger partial charge < -0.3 is 0 Å². The molecule has 4 heteroatoms. The van der Waals surface area contributed by atoms with Crippen molar-refractivity contribution in [2.45, 2.75) is 38.6 Å². The average Bonchev–Trinajstić information content (AvgIpc) is 2.44. The van der Waals surface area contributed by atoms with E-state index in [4.69, 9.17) is 0 Å². The molecule has 0 aromatic rings. The lowest BCUT2D eigenvalue weighted by Gasteiger charge is -2.29. The summed E-state index contributed by atoms with van der Waals surface area (Å²) in [7, 11) is 0. The molecule has 2 rings (SSSR count). The average molecular weight is 414 g/mol. The maximum atomic E-state index is 3.48. The summed E-state index contributed by atoms with van der Waals surface area (Å²) in [4.78, 5) is 0. The van der Waals surface area contributed by atoms with E-state index in [1.54, 1.807) is 0 Å². The second kappa shape index (κ2) is 3.97. The molecule has 0 aliphatic heterocycles. The Kier molecular flexibility index (Phi) is 3.97. The zero-order chi connectivity index (χ0) is 8.54. The molecule has 2 saturated carbocycles. The monoisotopic (exact) mass is 410 g/mol. The van der Waals surface area contributed by atoms with E-state index in [2.05, 4.69) is 63.7 Å². The molecule has 0 nitrogen and oxygen atoms in total. The second-order valence-electron chi connectivity index (χ2n) is 3.07. The molecule has 2 fully saturated rings. The third-order valence-electron chi connectivity index (χ3n) is 1.71. The van der Waals surface area contributed by atoms with Gasteiger partial charge in [-0.25, -0.2) is 0 Å². The van der Waals surface area contributed by atoms with Gasteiger partial charge in [0.05, 0.1) is 6.47 Å². The lowest BCUT2D eigenvalue weighted by atomic mass is 10.0. The zero-order valence-electron chi connectivity index (χ0n) is 6.05. The van der Waals surface area contributed by atoms with Crippen LogP contribution in [0.15, 0.2) is 0 Å². The third kappa shape index (κ3) is 5.27. The van der Waals surface area contributed by atoms with E-state index in [0.717, 1.165) is 0 Å². The van der Waals surface area contributed by atoms with E-state index in [-0.39, 0.29) is 0 Å². The van der Waals surface area contributed by atoms with Gasteiger partial charge in [0.15, 0.2) is 0 Å². The van der Waals surface area contributed by atoms with Crippen LogP contribution >= 0.6 is 63.7 Å². The minimum Gasteiger partial charge on any atom is -0.0727 e. The van der Waals surface area contributed by atoms with Crippen molar-refractivity contribution in [1.82, 2.24) is 0 Å². The first-order valence-electron chi connectivity index (χ1n) is 3.67. The van der Waals surface area contributed by atoms with Crippen LogP contribution in [0, 0.1) is 0 Å². The first-order valence-corrected chi connectivity index (χ1v) is 6.84. The van der Waals surface area contributed by atoms with E-state index < -0.39 is 0 Å². The predicted octanol–water partition coefficient (Wildman–Crippen LogP) is 4.92. The van der Waals surface area contributed by atoms with Crippen LogP contribution in [0.1, 0.15) is 32.1 Å². The molecule has 0 N–H and O–H groups in total. The quantitative estimate of drug-likeness (QED) is 0.494. The summed E-state index contributed by atoms with van der Waals surface area (Å²) >= 11 is 13.8. The topological polar surface area (TPSA) is 0 Å². The van der Waals surface area contributed by atoms with Crippen LogP contribution in [0.3, 0.4) is 0 Å². The van der Waals surface area contributed by atoms with Gasteiger partial charge >= 0.3 is 0 Å². The maximum Gasteiger partial charge on any atom is 0.0807 e. The summed E-state index contributed by atoms with van der Waals surface area (Å²) in [5.41, 5.74) is 0. The predicted molar refractivity (Wildman–Crippen MR) is 64.3 cm³/mol. The molecule has 11 heavy (non-hydrogen) atoms. The summed E-state index contributed by atoms with van der Waals surface area (Å²) in [6, 6.07) is 0. The van der Waals surface area contributed by atoms with Crippen molar-refractivity contribution in [3.63, 3.8) is 0 Å². The van der Waals surface area contributed by atoms with Crippen molar-refractivity contribution in [2.24, 2.45) is 0 Å². The Morgan fingerprint density at radius 3 is 0.818 bits per heavy atom. The molecule has 0 unspecified atom stereocenters. The highest BCUT2D eigenvalue weighted by Crippen LogP contribution is 2.49. The normalized spacial score (nSPS) is 29.5. The highest BCUT2D eigenvalue weighted by atomic mass is 79.9. The molecule has 0 spiro atoms. The van der Waals surface area contributed by atoms with Crippen LogP contribution in [0.4, 0.5) is 0 Å². The Bertz CT molecular complexity index is 129. The number of rotatable bonds is 0. The van der Waals surface area contributed by atoms with Gasteiger partial charge in [0, 0.05) is 0 Å². The molecule has 2 aliphatic rings. The SMILES string of the molecule is BrC1(Br)CC1.BrC1(Br)CCC1. The van der Waals surface area contributed by atoms with Crippen molar-refractivity contribution >= 4 is 63.7 Å². The van der Waals surface area contributed by atoms with E-state index >= 15 is 0 Å². The van der Waals surface area contributed by atoms with E-state index in [1.165, 1.54) is 32.1 Å². The van der Waals surface area contributed by atoms with Crippen LogP contribution in [-0.2, 0) is 0 Å². The molecule has 2 aliphatic carbocycles. The number of alkyl halides is 4. The van der Waals surface area contributed by atoms with Gasteiger partial charge in [-0.3, -0.25) is 0 Å². The number of halogens is 4. The van der Waals surface area contributed by atoms with Crippen LogP contribution < -0.4 is 0 Å². The molecular formula is C7H10Br4. The Hall–Kier alpha value is 1.92. The molecule has 0 aromatic carbocycles. The molecule has 0 saturated heterocycles. The van der Waals surface area contributed by atoms with Gasteiger partial charge in [-0.15, -0.1) is 0 Å². The Morgan fingerprint density at radius 2 is 0.818 bits per heavy atom. The lowest BCUT2D eigenvalue weighted by Crippen LogP contribution is -2.20. The maximum absolute atomic E-state index is 3.48. The summed E-state index contributed by atoms with van der Waals surface area (Å²) in [5.74, 6) is 0. The van der Waals surface area contributed by atoms with Crippen LogP contribution in [-0.4, -0.2) is 6.47 Å². The first-order chi connectivity index (χ1) is 4.91. The lowest BCUT2D eigenvalue weighted by molar-refractivity contribution is 0.502. The number of hydrogen-bond donors (Lipinski definition) is 0. The Balaban J connectivity index is 0.000000112. The first kappa shape index (κ1) is 11.0.